The number of thioether (sulfide) groups is 1. The average Bonchev–Trinajstić information content (AvgIpc) is 3.34. The second-order valence-corrected chi connectivity index (χ2v) is 10.6. The Labute approximate surface area is 179 Å². The number of thiophene rings is 1. The lowest BCUT2D eigenvalue weighted by atomic mass is 9.69. The summed E-state index contributed by atoms with van der Waals surface area (Å²) in [5.74, 6) is 0.720. The summed E-state index contributed by atoms with van der Waals surface area (Å²) < 4.78 is 1.80. The summed E-state index contributed by atoms with van der Waals surface area (Å²) in [6.07, 6.45) is 6.34. The minimum atomic E-state index is -0.124. The predicted molar refractivity (Wildman–Crippen MR) is 114 cm³/mol. The van der Waals surface area contributed by atoms with Crippen LogP contribution in [0.1, 0.15) is 68.5 Å². The molecule has 0 aliphatic heterocycles. The number of nitrogens with zero attached hydrogens (tertiary/aromatic N) is 5. The zero-order chi connectivity index (χ0) is 20.6. The molecule has 0 saturated heterocycles. The van der Waals surface area contributed by atoms with E-state index in [2.05, 4.69) is 47.7 Å². The minimum absolute atomic E-state index is 0.124. The first-order valence-corrected chi connectivity index (χ1v) is 12.0. The highest BCUT2D eigenvalue weighted by Crippen LogP contribution is 2.45. The fourth-order valence-corrected chi connectivity index (χ4v) is 5.91. The van der Waals surface area contributed by atoms with Gasteiger partial charge in [-0.15, -0.1) is 16.4 Å². The van der Waals surface area contributed by atoms with Gasteiger partial charge in [-0.25, -0.2) is 4.68 Å². The van der Waals surface area contributed by atoms with Crippen molar-refractivity contribution in [2.75, 3.05) is 11.1 Å². The van der Waals surface area contributed by atoms with E-state index >= 15 is 0 Å². The Bertz CT molecular complexity index is 953. The number of hydrogen-bond donors (Lipinski definition) is 1. The average molecular weight is 431 g/mol. The van der Waals surface area contributed by atoms with Gasteiger partial charge in [0.25, 0.3) is 0 Å². The Morgan fingerprint density at radius 1 is 1.41 bits per heavy atom. The lowest BCUT2D eigenvalue weighted by Crippen LogP contribution is -2.28. The maximum Gasteiger partial charge on any atom is 0.235 e. The molecule has 7 nitrogen and oxygen atoms in total. The van der Waals surface area contributed by atoms with Crippen molar-refractivity contribution in [1.29, 1.82) is 5.26 Å². The van der Waals surface area contributed by atoms with Crippen molar-refractivity contribution in [2.24, 2.45) is 11.3 Å². The van der Waals surface area contributed by atoms with Gasteiger partial charge in [-0.1, -0.05) is 39.0 Å². The first kappa shape index (κ1) is 20.4. The number of fused-ring (bicyclic) bond motifs is 1. The van der Waals surface area contributed by atoms with Gasteiger partial charge in [-0.05, 0) is 59.4 Å². The van der Waals surface area contributed by atoms with Crippen molar-refractivity contribution in [3.05, 3.63) is 16.0 Å². The lowest BCUT2D eigenvalue weighted by Gasteiger charge is -2.36. The van der Waals surface area contributed by atoms with Gasteiger partial charge < -0.3 is 5.32 Å². The van der Waals surface area contributed by atoms with Crippen molar-refractivity contribution >= 4 is 34.0 Å². The molecule has 2 aliphatic rings. The normalized spacial score (nSPS) is 18.9. The largest absolute Gasteiger partial charge is 0.316 e. The Hall–Kier alpha value is -1.92. The highest BCUT2D eigenvalue weighted by atomic mass is 32.2. The number of tetrazole rings is 1. The van der Waals surface area contributed by atoms with Gasteiger partial charge in [0.1, 0.15) is 11.1 Å². The molecule has 1 amide bonds. The standard InChI is InChI=1S/C20H26N6OS2/c1-4-20(2,3)12-5-8-14-15(10-21)18(29-16(14)9-12)22-17(27)11-28-19-23-24-25-26(19)13-6-7-13/h12-13H,4-9,11H2,1-3H3,(H,22,27)/t12-/m0/s1. The molecule has 2 heterocycles. The quantitative estimate of drug-likeness (QED) is 0.661. The summed E-state index contributed by atoms with van der Waals surface area (Å²) in [6, 6.07) is 2.71. The van der Waals surface area contributed by atoms with E-state index < -0.39 is 0 Å². The Morgan fingerprint density at radius 2 is 2.21 bits per heavy atom. The lowest BCUT2D eigenvalue weighted by molar-refractivity contribution is -0.113. The van der Waals surface area contributed by atoms with Crippen LogP contribution in [0, 0.1) is 22.7 Å². The number of nitrogens with one attached hydrogen (secondary N) is 1. The van der Waals surface area contributed by atoms with Crippen molar-refractivity contribution < 1.29 is 4.79 Å². The molecule has 0 unspecified atom stereocenters. The molecule has 1 atom stereocenters. The molecule has 1 saturated carbocycles. The fraction of sp³-hybridized carbons (Fsp3) is 0.650. The van der Waals surface area contributed by atoms with Crippen molar-refractivity contribution in [2.45, 2.75) is 70.5 Å². The molecule has 0 radical (unpaired) electrons. The maximum atomic E-state index is 12.5. The third kappa shape index (κ3) is 4.19. The van der Waals surface area contributed by atoms with Gasteiger partial charge in [0.15, 0.2) is 0 Å². The molecule has 4 rings (SSSR count). The highest BCUT2D eigenvalue weighted by Gasteiger charge is 2.34. The molecule has 0 aromatic carbocycles. The smallest absolute Gasteiger partial charge is 0.235 e. The van der Waals surface area contributed by atoms with Crippen LogP contribution in [0.15, 0.2) is 5.16 Å². The Kier molecular flexibility index (Phi) is 5.67. The van der Waals surface area contributed by atoms with Crippen LogP contribution in [0.5, 0.6) is 0 Å². The predicted octanol–water partition coefficient (Wildman–Crippen LogP) is 4.21. The molecule has 154 valence electrons. The Morgan fingerprint density at radius 3 is 2.90 bits per heavy atom. The number of carbonyl (C=O) groups is 1. The van der Waals surface area contributed by atoms with Crippen molar-refractivity contribution in [3.8, 4) is 6.07 Å². The van der Waals surface area contributed by atoms with Crippen LogP contribution in [0.3, 0.4) is 0 Å². The molecule has 29 heavy (non-hydrogen) atoms. The molecule has 9 heteroatoms. The SMILES string of the molecule is CCC(C)(C)[C@H]1CCc2c(sc(NC(=O)CSc3nnnn3C3CC3)c2C#N)C1. The summed E-state index contributed by atoms with van der Waals surface area (Å²) in [5, 5.41) is 25.8. The molecular formula is C20H26N6OS2. The summed E-state index contributed by atoms with van der Waals surface area (Å²) in [5.41, 5.74) is 2.08. The van der Waals surface area contributed by atoms with Gasteiger partial charge in [-0.2, -0.15) is 5.26 Å². The molecule has 2 aliphatic carbocycles. The van der Waals surface area contributed by atoms with Gasteiger partial charge in [-0.3, -0.25) is 4.79 Å². The molecule has 2 aromatic rings. The molecule has 1 N–H and O–H groups in total. The summed E-state index contributed by atoms with van der Waals surface area (Å²) in [6.45, 7) is 6.90. The van der Waals surface area contributed by atoms with E-state index in [1.165, 1.54) is 16.6 Å². The summed E-state index contributed by atoms with van der Waals surface area (Å²) >= 11 is 2.92. The van der Waals surface area contributed by atoms with Crippen LogP contribution >= 0.6 is 23.1 Å². The second kappa shape index (κ2) is 8.07. The van der Waals surface area contributed by atoms with E-state index in [9.17, 15) is 10.1 Å². The van der Waals surface area contributed by atoms with E-state index in [-0.39, 0.29) is 11.7 Å². The summed E-state index contributed by atoms with van der Waals surface area (Å²) in [4.78, 5) is 13.8. The van der Waals surface area contributed by atoms with E-state index in [1.54, 1.807) is 16.0 Å². The van der Waals surface area contributed by atoms with Crippen LogP contribution in [-0.4, -0.2) is 31.9 Å². The van der Waals surface area contributed by atoms with E-state index in [1.807, 2.05) is 0 Å². The van der Waals surface area contributed by atoms with Crippen LogP contribution in [-0.2, 0) is 17.6 Å². The number of amides is 1. The second-order valence-electron chi connectivity index (χ2n) is 8.58. The number of carbonyl (C=O) groups excluding carboxylic acids is 1. The van der Waals surface area contributed by atoms with E-state index in [0.29, 0.717) is 33.1 Å². The third-order valence-electron chi connectivity index (χ3n) is 6.33. The number of anilines is 1. The third-order valence-corrected chi connectivity index (χ3v) is 8.44. The van der Waals surface area contributed by atoms with Crippen molar-refractivity contribution in [1.82, 2.24) is 20.2 Å². The van der Waals surface area contributed by atoms with Crippen LogP contribution < -0.4 is 5.32 Å². The molecule has 0 spiro atoms. The first-order valence-electron chi connectivity index (χ1n) is 10.2. The van der Waals surface area contributed by atoms with Crippen LogP contribution in [0.25, 0.3) is 0 Å². The maximum absolute atomic E-state index is 12.5. The molecule has 0 bridgehead atoms. The molecule has 1 fully saturated rings. The summed E-state index contributed by atoms with van der Waals surface area (Å²) in [7, 11) is 0. The number of aromatic nitrogens is 4. The van der Waals surface area contributed by atoms with Gasteiger partial charge in [0, 0.05) is 4.88 Å². The van der Waals surface area contributed by atoms with Crippen LogP contribution in [0.2, 0.25) is 0 Å². The molecule has 2 aromatic heterocycles. The van der Waals surface area contributed by atoms with E-state index in [4.69, 9.17) is 0 Å². The monoisotopic (exact) mass is 430 g/mol. The number of hydrogen-bond acceptors (Lipinski definition) is 7. The minimum Gasteiger partial charge on any atom is -0.316 e. The Balaban J connectivity index is 1.43. The van der Waals surface area contributed by atoms with E-state index in [0.717, 1.165) is 44.1 Å². The fourth-order valence-electron chi connectivity index (χ4n) is 3.87. The zero-order valence-electron chi connectivity index (χ0n) is 17.1. The van der Waals surface area contributed by atoms with Gasteiger partial charge in [0.2, 0.25) is 11.1 Å². The zero-order valence-corrected chi connectivity index (χ0v) is 18.7. The number of nitriles is 1. The highest BCUT2D eigenvalue weighted by molar-refractivity contribution is 7.99. The van der Waals surface area contributed by atoms with Gasteiger partial charge >= 0.3 is 0 Å². The first-order chi connectivity index (χ1) is 13.9. The topological polar surface area (TPSA) is 96.5 Å². The van der Waals surface area contributed by atoms with Gasteiger partial charge in [0.05, 0.1) is 17.4 Å². The molecular weight excluding hydrogens is 404 g/mol. The number of rotatable bonds is 7. The van der Waals surface area contributed by atoms with Crippen molar-refractivity contribution in [3.63, 3.8) is 0 Å². The van der Waals surface area contributed by atoms with Crippen LogP contribution in [0.4, 0.5) is 5.00 Å².